The first-order valence-electron chi connectivity index (χ1n) is 6.30. The Morgan fingerprint density at radius 1 is 1.19 bits per heavy atom. The van der Waals surface area contributed by atoms with Gasteiger partial charge in [-0.2, -0.15) is 0 Å². The molecule has 0 aromatic rings. The SMILES string of the molecule is CCNCCCNCC1CCCCS1(=O)=O. The van der Waals surface area contributed by atoms with Crippen LogP contribution in [-0.4, -0.2) is 45.6 Å². The lowest BCUT2D eigenvalue weighted by atomic mass is 10.2. The van der Waals surface area contributed by atoms with Crippen LogP contribution >= 0.6 is 0 Å². The maximum absolute atomic E-state index is 11.7. The summed E-state index contributed by atoms with van der Waals surface area (Å²) in [5.74, 6) is 0.386. The highest BCUT2D eigenvalue weighted by Crippen LogP contribution is 2.18. The van der Waals surface area contributed by atoms with E-state index in [2.05, 4.69) is 17.6 Å². The third-order valence-electron chi connectivity index (χ3n) is 3.04. The summed E-state index contributed by atoms with van der Waals surface area (Å²) in [6.07, 6.45) is 3.80. The van der Waals surface area contributed by atoms with Gasteiger partial charge < -0.3 is 10.6 Å². The number of hydrogen-bond donors (Lipinski definition) is 2. The van der Waals surface area contributed by atoms with Gasteiger partial charge in [-0.25, -0.2) is 8.42 Å². The Balaban J connectivity index is 2.12. The minimum atomic E-state index is -2.80. The molecule has 5 heteroatoms. The van der Waals surface area contributed by atoms with Crippen molar-refractivity contribution in [3.8, 4) is 0 Å². The Morgan fingerprint density at radius 3 is 2.62 bits per heavy atom. The molecule has 1 heterocycles. The van der Waals surface area contributed by atoms with Crippen LogP contribution in [0.1, 0.15) is 32.6 Å². The van der Waals surface area contributed by atoms with Gasteiger partial charge in [0.2, 0.25) is 0 Å². The van der Waals surface area contributed by atoms with Gasteiger partial charge in [0, 0.05) is 6.54 Å². The molecule has 2 N–H and O–H groups in total. The molecular formula is C11H24N2O2S. The van der Waals surface area contributed by atoms with E-state index in [9.17, 15) is 8.42 Å². The molecule has 0 spiro atoms. The largest absolute Gasteiger partial charge is 0.317 e. The Hall–Kier alpha value is -0.130. The van der Waals surface area contributed by atoms with E-state index in [4.69, 9.17) is 0 Å². The molecule has 0 bridgehead atoms. The van der Waals surface area contributed by atoms with Crippen LogP contribution in [-0.2, 0) is 9.84 Å². The lowest BCUT2D eigenvalue weighted by molar-refractivity contribution is 0.515. The van der Waals surface area contributed by atoms with E-state index in [-0.39, 0.29) is 5.25 Å². The fourth-order valence-electron chi connectivity index (χ4n) is 2.03. The van der Waals surface area contributed by atoms with Gasteiger partial charge in [0.05, 0.1) is 11.0 Å². The zero-order valence-corrected chi connectivity index (χ0v) is 11.0. The van der Waals surface area contributed by atoms with Crippen molar-refractivity contribution in [3.63, 3.8) is 0 Å². The summed E-state index contributed by atoms with van der Waals surface area (Å²) in [4.78, 5) is 0. The smallest absolute Gasteiger partial charge is 0.154 e. The Kier molecular flexibility index (Phi) is 6.31. The number of hydrogen-bond acceptors (Lipinski definition) is 4. The van der Waals surface area contributed by atoms with Crippen molar-refractivity contribution >= 4 is 9.84 Å². The van der Waals surface area contributed by atoms with E-state index in [1.165, 1.54) is 0 Å². The number of nitrogens with one attached hydrogen (secondary N) is 2. The topological polar surface area (TPSA) is 58.2 Å². The predicted molar refractivity (Wildman–Crippen MR) is 67.5 cm³/mol. The van der Waals surface area contributed by atoms with Crippen LogP contribution in [0.3, 0.4) is 0 Å². The maximum atomic E-state index is 11.7. The van der Waals surface area contributed by atoms with Crippen LogP contribution in [0.25, 0.3) is 0 Å². The second-order valence-corrected chi connectivity index (χ2v) is 6.80. The molecule has 0 amide bonds. The molecule has 1 aliphatic heterocycles. The third kappa shape index (κ3) is 4.80. The maximum Gasteiger partial charge on any atom is 0.154 e. The molecule has 1 aliphatic rings. The first-order chi connectivity index (χ1) is 7.67. The molecule has 0 aromatic carbocycles. The normalized spacial score (nSPS) is 24.4. The highest BCUT2D eigenvalue weighted by Gasteiger charge is 2.27. The average molecular weight is 248 g/mol. The Labute approximate surface area is 99.1 Å². The molecule has 1 unspecified atom stereocenters. The van der Waals surface area contributed by atoms with Crippen molar-refractivity contribution in [2.45, 2.75) is 37.9 Å². The van der Waals surface area contributed by atoms with E-state index in [1.807, 2.05) is 0 Å². The zero-order chi connectivity index (χ0) is 11.9. The van der Waals surface area contributed by atoms with Gasteiger partial charge in [-0.05, 0) is 38.9 Å². The minimum absolute atomic E-state index is 0.139. The van der Waals surface area contributed by atoms with Crippen molar-refractivity contribution in [2.75, 3.05) is 31.9 Å². The summed E-state index contributed by atoms with van der Waals surface area (Å²) in [7, 11) is -2.80. The van der Waals surface area contributed by atoms with Crippen molar-refractivity contribution in [1.82, 2.24) is 10.6 Å². The van der Waals surface area contributed by atoms with Crippen LogP contribution in [0.15, 0.2) is 0 Å². The summed E-state index contributed by atoms with van der Waals surface area (Å²) in [5.41, 5.74) is 0. The van der Waals surface area contributed by atoms with Crippen LogP contribution < -0.4 is 10.6 Å². The van der Waals surface area contributed by atoms with E-state index in [0.29, 0.717) is 12.3 Å². The van der Waals surface area contributed by atoms with Crippen LogP contribution in [0.4, 0.5) is 0 Å². The van der Waals surface area contributed by atoms with Crippen LogP contribution in [0, 0.1) is 0 Å². The molecule has 0 aliphatic carbocycles. The molecule has 1 fully saturated rings. The molecule has 0 aromatic heterocycles. The summed E-state index contributed by atoms with van der Waals surface area (Å²) in [6, 6.07) is 0. The molecule has 1 saturated heterocycles. The van der Waals surface area contributed by atoms with E-state index in [0.717, 1.165) is 45.3 Å². The molecule has 16 heavy (non-hydrogen) atoms. The standard InChI is InChI=1S/C11H24N2O2S/c1-2-12-7-5-8-13-10-11-6-3-4-9-16(11,14)15/h11-13H,2-10H2,1H3. The molecule has 1 atom stereocenters. The molecule has 96 valence electrons. The van der Waals surface area contributed by atoms with Crippen LogP contribution in [0.5, 0.6) is 0 Å². The second kappa shape index (κ2) is 7.25. The fraction of sp³-hybridized carbons (Fsp3) is 1.00. The number of sulfone groups is 1. The van der Waals surface area contributed by atoms with E-state index < -0.39 is 9.84 Å². The molecule has 4 nitrogen and oxygen atoms in total. The highest BCUT2D eigenvalue weighted by molar-refractivity contribution is 7.92. The van der Waals surface area contributed by atoms with Gasteiger partial charge in [-0.3, -0.25) is 0 Å². The average Bonchev–Trinajstić information content (AvgIpc) is 2.25. The molecule has 0 radical (unpaired) electrons. The van der Waals surface area contributed by atoms with Gasteiger partial charge in [-0.15, -0.1) is 0 Å². The Morgan fingerprint density at radius 2 is 1.94 bits per heavy atom. The van der Waals surface area contributed by atoms with Gasteiger partial charge in [0.25, 0.3) is 0 Å². The van der Waals surface area contributed by atoms with Crippen molar-refractivity contribution in [3.05, 3.63) is 0 Å². The van der Waals surface area contributed by atoms with E-state index >= 15 is 0 Å². The molecular weight excluding hydrogens is 224 g/mol. The van der Waals surface area contributed by atoms with Gasteiger partial charge in [-0.1, -0.05) is 13.3 Å². The van der Waals surface area contributed by atoms with Crippen molar-refractivity contribution in [1.29, 1.82) is 0 Å². The number of rotatable bonds is 7. The first kappa shape index (κ1) is 13.9. The highest BCUT2D eigenvalue weighted by atomic mass is 32.2. The lowest BCUT2D eigenvalue weighted by Gasteiger charge is -2.22. The zero-order valence-electron chi connectivity index (χ0n) is 10.2. The van der Waals surface area contributed by atoms with Gasteiger partial charge >= 0.3 is 0 Å². The summed E-state index contributed by atoms with van der Waals surface area (Å²) >= 11 is 0. The Bertz CT molecular complexity index is 278. The molecule has 0 saturated carbocycles. The van der Waals surface area contributed by atoms with Gasteiger partial charge in [0.1, 0.15) is 0 Å². The quantitative estimate of drug-likeness (QED) is 0.646. The minimum Gasteiger partial charge on any atom is -0.317 e. The van der Waals surface area contributed by atoms with Crippen molar-refractivity contribution in [2.24, 2.45) is 0 Å². The fourth-order valence-corrected chi connectivity index (χ4v) is 3.87. The van der Waals surface area contributed by atoms with E-state index in [1.54, 1.807) is 0 Å². The van der Waals surface area contributed by atoms with Crippen LogP contribution in [0.2, 0.25) is 0 Å². The second-order valence-electron chi connectivity index (χ2n) is 4.40. The third-order valence-corrected chi connectivity index (χ3v) is 5.32. The molecule has 1 rings (SSSR count). The van der Waals surface area contributed by atoms with Gasteiger partial charge in [0.15, 0.2) is 9.84 Å². The first-order valence-corrected chi connectivity index (χ1v) is 8.01. The lowest BCUT2D eigenvalue weighted by Crippen LogP contribution is -2.38. The summed E-state index contributed by atoms with van der Waals surface area (Å²) in [6.45, 7) is 5.62. The predicted octanol–water partition coefficient (Wildman–Crippen LogP) is 0.543. The monoisotopic (exact) mass is 248 g/mol. The summed E-state index contributed by atoms with van der Waals surface area (Å²) in [5, 5.41) is 6.36. The summed E-state index contributed by atoms with van der Waals surface area (Å²) < 4.78 is 23.4. The van der Waals surface area contributed by atoms with Crippen molar-refractivity contribution < 1.29 is 8.42 Å².